The first-order chi connectivity index (χ1) is 15.3. The average Bonchev–Trinajstić information content (AvgIpc) is 3.16. The second kappa shape index (κ2) is 21.1. The highest BCUT2D eigenvalue weighted by atomic mass is 15.1. The van der Waals surface area contributed by atoms with E-state index < -0.39 is 0 Å². The lowest BCUT2D eigenvalue weighted by Crippen LogP contribution is -2.37. The van der Waals surface area contributed by atoms with Gasteiger partial charge in [-0.05, 0) is 32.1 Å². The summed E-state index contributed by atoms with van der Waals surface area (Å²) in [4.78, 5) is 0. The Labute approximate surface area is 196 Å². The lowest BCUT2D eigenvalue weighted by molar-refractivity contribution is -0.704. The van der Waals surface area contributed by atoms with Gasteiger partial charge in [-0.3, -0.25) is 0 Å². The molecule has 0 saturated carbocycles. The van der Waals surface area contributed by atoms with Crippen molar-refractivity contribution in [2.24, 2.45) is 0 Å². The van der Waals surface area contributed by atoms with Crippen molar-refractivity contribution < 1.29 is 4.57 Å². The van der Waals surface area contributed by atoms with Crippen LogP contribution in [0.1, 0.15) is 155 Å². The third-order valence-corrected chi connectivity index (χ3v) is 6.85. The summed E-state index contributed by atoms with van der Waals surface area (Å²) in [5.74, 6) is 1.60. The number of rotatable bonds is 23. The van der Waals surface area contributed by atoms with Gasteiger partial charge < -0.3 is 0 Å². The molecule has 1 aromatic heterocycles. The van der Waals surface area contributed by atoms with Gasteiger partial charge in [0.05, 0.1) is 13.1 Å². The first-order valence-corrected chi connectivity index (χ1v) is 14.4. The standard InChI is InChI=1S/C29H57N2/c1-4-7-10-12-14-15-16-17-18-20-23-26-31-28-27-30(25-22-9-6-3)29(31)24-21-19-13-11-8-5-2/h27-28H,4-26H2,1-3H3/q+1. The zero-order chi connectivity index (χ0) is 22.4. The van der Waals surface area contributed by atoms with Crippen molar-refractivity contribution in [3.05, 3.63) is 18.2 Å². The van der Waals surface area contributed by atoms with Crippen molar-refractivity contribution in [1.29, 1.82) is 0 Å². The Morgan fingerprint density at radius 3 is 1.55 bits per heavy atom. The lowest BCUT2D eigenvalue weighted by atomic mass is 10.1. The first-order valence-electron chi connectivity index (χ1n) is 14.4. The van der Waals surface area contributed by atoms with Crippen molar-refractivity contribution >= 4 is 0 Å². The number of hydrogen-bond acceptors (Lipinski definition) is 0. The molecular formula is C29H57N2+. The number of imidazole rings is 1. The Morgan fingerprint density at radius 1 is 0.548 bits per heavy atom. The van der Waals surface area contributed by atoms with Gasteiger partial charge in [0, 0.05) is 6.42 Å². The van der Waals surface area contributed by atoms with Crippen molar-refractivity contribution in [2.75, 3.05) is 0 Å². The number of hydrogen-bond donors (Lipinski definition) is 0. The van der Waals surface area contributed by atoms with E-state index in [4.69, 9.17) is 0 Å². The molecule has 31 heavy (non-hydrogen) atoms. The number of aromatic nitrogens is 2. The van der Waals surface area contributed by atoms with Crippen molar-refractivity contribution in [3.63, 3.8) is 0 Å². The van der Waals surface area contributed by atoms with Crippen molar-refractivity contribution in [3.8, 4) is 0 Å². The van der Waals surface area contributed by atoms with Gasteiger partial charge in [0.1, 0.15) is 12.4 Å². The van der Waals surface area contributed by atoms with Gasteiger partial charge in [0.25, 0.3) is 5.82 Å². The minimum atomic E-state index is 1.21. The molecular weight excluding hydrogens is 376 g/mol. The molecule has 182 valence electrons. The van der Waals surface area contributed by atoms with Crippen LogP contribution in [0, 0.1) is 0 Å². The van der Waals surface area contributed by atoms with Gasteiger partial charge in [0.2, 0.25) is 0 Å². The molecule has 1 heterocycles. The molecule has 0 N–H and O–H groups in total. The summed E-state index contributed by atoms with van der Waals surface area (Å²) in [5, 5.41) is 0. The molecule has 0 radical (unpaired) electrons. The number of unbranched alkanes of at least 4 members (excludes halogenated alkanes) is 17. The van der Waals surface area contributed by atoms with E-state index in [0.717, 1.165) is 0 Å². The van der Waals surface area contributed by atoms with E-state index in [9.17, 15) is 0 Å². The highest BCUT2D eigenvalue weighted by Crippen LogP contribution is 2.13. The smallest absolute Gasteiger partial charge is 0.234 e. The van der Waals surface area contributed by atoms with Crippen LogP contribution >= 0.6 is 0 Å². The van der Waals surface area contributed by atoms with Gasteiger partial charge in [-0.15, -0.1) is 0 Å². The van der Waals surface area contributed by atoms with Crippen LogP contribution in [0.25, 0.3) is 0 Å². The van der Waals surface area contributed by atoms with E-state index in [-0.39, 0.29) is 0 Å². The maximum Gasteiger partial charge on any atom is 0.256 e. The Bertz CT molecular complexity index is 491. The summed E-state index contributed by atoms with van der Waals surface area (Å²) >= 11 is 0. The molecule has 0 bridgehead atoms. The van der Waals surface area contributed by atoms with E-state index in [1.54, 1.807) is 5.82 Å². The van der Waals surface area contributed by atoms with Crippen LogP contribution in [0.3, 0.4) is 0 Å². The maximum absolute atomic E-state index is 2.59. The van der Waals surface area contributed by atoms with Crippen molar-refractivity contribution in [2.45, 2.75) is 169 Å². The van der Waals surface area contributed by atoms with Crippen LogP contribution < -0.4 is 4.57 Å². The fraction of sp³-hybridized carbons (Fsp3) is 0.897. The summed E-state index contributed by atoms with van der Waals surface area (Å²) in [7, 11) is 0. The monoisotopic (exact) mass is 433 g/mol. The van der Waals surface area contributed by atoms with E-state index in [1.807, 2.05) is 0 Å². The van der Waals surface area contributed by atoms with Crippen LogP contribution in [0.4, 0.5) is 0 Å². The molecule has 0 amide bonds. The molecule has 0 aromatic carbocycles. The molecule has 0 fully saturated rings. The zero-order valence-electron chi connectivity index (χ0n) is 21.8. The van der Waals surface area contributed by atoms with E-state index in [1.165, 1.54) is 148 Å². The molecule has 0 aliphatic carbocycles. The Balaban J connectivity index is 2.27. The highest BCUT2D eigenvalue weighted by Gasteiger charge is 2.16. The predicted octanol–water partition coefficient (Wildman–Crippen LogP) is 9.18. The molecule has 0 aliphatic heterocycles. The van der Waals surface area contributed by atoms with Gasteiger partial charge >= 0.3 is 0 Å². The lowest BCUT2D eigenvalue weighted by Gasteiger charge is -2.06. The summed E-state index contributed by atoms with van der Waals surface area (Å²) < 4.78 is 5.16. The van der Waals surface area contributed by atoms with Crippen LogP contribution in [0.5, 0.6) is 0 Å². The average molecular weight is 434 g/mol. The fourth-order valence-electron chi connectivity index (χ4n) is 4.73. The largest absolute Gasteiger partial charge is 0.256 e. The maximum atomic E-state index is 2.59. The molecule has 1 rings (SSSR count). The third-order valence-electron chi connectivity index (χ3n) is 6.85. The molecule has 2 heteroatoms. The molecule has 0 aliphatic rings. The summed E-state index contributed by atoms with van der Waals surface area (Å²) in [6, 6.07) is 0. The van der Waals surface area contributed by atoms with Gasteiger partial charge in [-0.1, -0.05) is 117 Å². The second-order valence-electron chi connectivity index (χ2n) is 9.86. The Hall–Kier alpha value is -0.790. The highest BCUT2D eigenvalue weighted by molar-refractivity contribution is 4.84. The molecule has 0 spiro atoms. The summed E-state index contributed by atoms with van der Waals surface area (Å²) in [5.41, 5.74) is 0. The first kappa shape index (κ1) is 28.2. The van der Waals surface area contributed by atoms with E-state index in [2.05, 4.69) is 42.3 Å². The van der Waals surface area contributed by atoms with Gasteiger partial charge in [-0.25, -0.2) is 9.13 Å². The van der Waals surface area contributed by atoms with Crippen LogP contribution in [-0.4, -0.2) is 4.57 Å². The summed E-state index contributed by atoms with van der Waals surface area (Å²) in [6.07, 6.45) is 34.1. The zero-order valence-corrected chi connectivity index (χ0v) is 21.8. The van der Waals surface area contributed by atoms with Crippen LogP contribution in [0.2, 0.25) is 0 Å². The minimum Gasteiger partial charge on any atom is -0.234 e. The SMILES string of the molecule is CCCCCCCCCCCCCn1cc[n+](CCCCC)c1CCCCCCCC. The molecule has 2 nitrogen and oxygen atoms in total. The number of aryl methyl sites for hydroxylation is 2. The Kier molecular flexibility index (Phi) is 19.2. The molecule has 0 unspecified atom stereocenters. The summed E-state index contributed by atoms with van der Waals surface area (Å²) in [6.45, 7) is 9.35. The van der Waals surface area contributed by atoms with Crippen LogP contribution in [0.15, 0.2) is 12.4 Å². The molecule has 0 atom stereocenters. The predicted molar refractivity (Wildman–Crippen MR) is 138 cm³/mol. The van der Waals surface area contributed by atoms with E-state index >= 15 is 0 Å². The van der Waals surface area contributed by atoms with E-state index in [0.29, 0.717) is 0 Å². The quantitative estimate of drug-likeness (QED) is 0.120. The normalized spacial score (nSPS) is 11.5. The Morgan fingerprint density at radius 2 is 1.00 bits per heavy atom. The minimum absolute atomic E-state index is 1.21. The number of nitrogens with zero attached hydrogens (tertiary/aromatic N) is 2. The topological polar surface area (TPSA) is 8.81 Å². The van der Waals surface area contributed by atoms with Gasteiger partial charge in [-0.2, -0.15) is 0 Å². The fourth-order valence-corrected chi connectivity index (χ4v) is 4.73. The van der Waals surface area contributed by atoms with Crippen LogP contribution in [-0.2, 0) is 19.5 Å². The molecule has 0 saturated heterocycles. The van der Waals surface area contributed by atoms with Gasteiger partial charge in [0.15, 0.2) is 0 Å². The second-order valence-corrected chi connectivity index (χ2v) is 9.86. The third kappa shape index (κ3) is 14.8. The van der Waals surface area contributed by atoms with Crippen molar-refractivity contribution in [1.82, 2.24) is 4.57 Å². The molecule has 1 aromatic rings.